The molecule has 1 aromatic carbocycles. The Bertz CT molecular complexity index is 366. The van der Waals surface area contributed by atoms with Gasteiger partial charge in [-0.25, -0.2) is 0 Å². The zero-order valence-corrected chi connectivity index (χ0v) is 10.9. The van der Waals surface area contributed by atoms with E-state index >= 15 is 0 Å². The molecule has 2 nitrogen and oxygen atoms in total. The van der Waals surface area contributed by atoms with Gasteiger partial charge in [-0.3, -0.25) is 4.79 Å². The fourth-order valence-corrected chi connectivity index (χ4v) is 1.80. The molecule has 0 spiro atoms. The smallest absolute Gasteiger partial charge is 0.240 e. The summed E-state index contributed by atoms with van der Waals surface area (Å²) in [5.74, 6) is -0.0517. The van der Waals surface area contributed by atoms with Gasteiger partial charge in [0.05, 0.1) is 0 Å². The van der Waals surface area contributed by atoms with E-state index in [0.717, 1.165) is 5.56 Å². The first kappa shape index (κ1) is 13.3. The lowest BCUT2D eigenvalue weighted by Gasteiger charge is -2.22. The van der Waals surface area contributed by atoms with Crippen LogP contribution in [0.2, 0.25) is 5.02 Å². The number of nitrogens with zero attached hydrogens (tertiary/aromatic N) is 1. The monoisotopic (exact) mass is 259 g/mol. The summed E-state index contributed by atoms with van der Waals surface area (Å²) in [7, 11) is 0. The lowest BCUT2D eigenvalue weighted by atomic mass is 10.2. The Balaban J connectivity index is 2.74. The zero-order valence-electron chi connectivity index (χ0n) is 9.41. The Hall–Kier alpha value is -0.730. The van der Waals surface area contributed by atoms with Crippen molar-refractivity contribution in [2.75, 3.05) is 6.54 Å². The highest BCUT2D eigenvalue weighted by molar-refractivity contribution is 6.30. The Kier molecular flexibility index (Phi) is 5.10. The van der Waals surface area contributed by atoms with Gasteiger partial charge in [0.15, 0.2) is 0 Å². The molecule has 0 saturated carbocycles. The number of hydrogen-bond acceptors (Lipinski definition) is 1. The Labute approximate surface area is 106 Å². The minimum Gasteiger partial charge on any atom is -0.337 e. The van der Waals surface area contributed by atoms with Crippen molar-refractivity contribution in [2.45, 2.75) is 25.8 Å². The van der Waals surface area contributed by atoms with Crippen LogP contribution in [0.1, 0.15) is 19.4 Å². The molecule has 0 fully saturated rings. The summed E-state index contributed by atoms with van der Waals surface area (Å²) >= 11 is 11.7. The first-order valence-electron chi connectivity index (χ1n) is 5.22. The first-order valence-corrected chi connectivity index (χ1v) is 6.03. The van der Waals surface area contributed by atoms with E-state index in [1.165, 1.54) is 0 Å². The minimum atomic E-state index is -0.487. The maximum absolute atomic E-state index is 11.7. The normalized spacial score (nSPS) is 12.2. The molecule has 1 aromatic rings. The second-order valence-corrected chi connectivity index (χ2v) is 4.69. The molecule has 1 unspecified atom stereocenters. The molecule has 0 saturated heterocycles. The van der Waals surface area contributed by atoms with Crippen LogP contribution in [-0.2, 0) is 11.3 Å². The summed E-state index contributed by atoms with van der Waals surface area (Å²) in [4.78, 5) is 13.4. The first-order chi connectivity index (χ1) is 7.54. The molecular formula is C12H15Cl2NO. The van der Waals surface area contributed by atoms with Gasteiger partial charge in [-0.05, 0) is 31.5 Å². The van der Waals surface area contributed by atoms with Crippen molar-refractivity contribution in [3.63, 3.8) is 0 Å². The van der Waals surface area contributed by atoms with E-state index in [4.69, 9.17) is 23.2 Å². The number of halogens is 2. The van der Waals surface area contributed by atoms with Crippen LogP contribution in [0.3, 0.4) is 0 Å². The average molecular weight is 260 g/mol. The summed E-state index contributed by atoms with van der Waals surface area (Å²) in [6.07, 6.45) is 0. The molecule has 0 heterocycles. The maximum atomic E-state index is 11.7. The lowest BCUT2D eigenvalue weighted by molar-refractivity contribution is -0.130. The summed E-state index contributed by atoms with van der Waals surface area (Å²) < 4.78 is 0. The molecule has 16 heavy (non-hydrogen) atoms. The van der Waals surface area contributed by atoms with E-state index in [-0.39, 0.29) is 5.91 Å². The third-order valence-electron chi connectivity index (χ3n) is 2.30. The Morgan fingerprint density at radius 3 is 2.69 bits per heavy atom. The van der Waals surface area contributed by atoms with Crippen LogP contribution < -0.4 is 0 Å². The number of rotatable bonds is 4. The van der Waals surface area contributed by atoms with Gasteiger partial charge in [-0.2, -0.15) is 0 Å². The molecule has 0 bridgehead atoms. The Morgan fingerprint density at radius 1 is 1.50 bits per heavy atom. The molecule has 0 aliphatic rings. The standard InChI is InChI=1S/C12H15Cl2NO/c1-3-15(12(16)9(2)13)8-10-5-4-6-11(14)7-10/h4-7,9H,3,8H2,1-2H3. The van der Waals surface area contributed by atoms with Crippen molar-refractivity contribution in [3.8, 4) is 0 Å². The highest BCUT2D eigenvalue weighted by Crippen LogP contribution is 2.13. The van der Waals surface area contributed by atoms with Crippen molar-refractivity contribution >= 4 is 29.1 Å². The van der Waals surface area contributed by atoms with E-state index in [0.29, 0.717) is 18.1 Å². The molecule has 0 aliphatic heterocycles. The van der Waals surface area contributed by atoms with Crippen LogP contribution in [-0.4, -0.2) is 22.7 Å². The molecule has 0 radical (unpaired) electrons. The summed E-state index contributed by atoms with van der Waals surface area (Å²) in [5, 5.41) is 0.194. The van der Waals surface area contributed by atoms with E-state index in [1.54, 1.807) is 11.8 Å². The van der Waals surface area contributed by atoms with Crippen molar-refractivity contribution in [3.05, 3.63) is 34.9 Å². The lowest BCUT2D eigenvalue weighted by Crippen LogP contribution is -2.35. The Morgan fingerprint density at radius 2 is 2.19 bits per heavy atom. The maximum Gasteiger partial charge on any atom is 0.240 e. The number of amides is 1. The van der Waals surface area contributed by atoms with E-state index < -0.39 is 5.38 Å². The van der Waals surface area contributed by atoms with E-state index in [2.05, 4.69) is 0 Å². The van der Waals surface area contributed by atoms with E-state index in [1.807, 2.05) is 31.2 Å². The molecule has 1 amide bonds. The predicted octanol–water partition coefficient (Wildman–Crippen LogP) is 3.32. The number of alkyl halides is 1. The molecule has 88 valence electrons. The van der Waals surface area contributed by atoms with E-state index in [9.17, 15) is 4.79 Å². The van der Waals surface area contributed by atoms with Gasteiger partial charge in [0, 0.05) is 18.1 Å². The average Bonchev–Trinajstić information content (AvgIpc) is 2.25. The third-order valence-corrected chi connectivity index (χ3v) is 2.72. The number of carbonyl (C=O) groups excluding carboxylic acids is 1. The minimum absolute atomic E-state index is 0.0517. The summed E-state index contributed by atoms with van der Waals surface area (Å²) in [5.41, 5.74) is 1.01. The molecule has 0 aromatic heterocycles. The molecule has 4 heteroatoms. The molecule has 0 N–H and O–H groups in total. The van der Waals surface area contributed by atoms with Crippen LogP contribution in [0.15, 0.2) is 24.3 Å². The van der Waals surface area contributed by atoms with Gasteiger partial charge >= 0.3 is 0 Å². The molecule has 1 atom stereocenters. The second kappa shape index (κ2) is 6.12. The fourth-order valence-electron chi connectivity index (χ4n) is 1.45. The molecule has 0 aliphatic carbocycles. The van der Waals surface area contributed by atoms with Crippen LogP contribution in [0, 0.1) is 0 Å². The number of benzene rings is 1. The SMILES string of the molecule is CCN(Cc1cccc(Cl)c1)C(=O)C(C)Cl. The van der Waals surface area contributed by atoms with Gasteiger partial charge in [0.25, 0.3) is 0 Å². The largest absolute Gasteiger partial charge is 0.337 e. The molecular weight excluding hydrogens is 245 g/mol. The van der Waals surface area contributed by atoms with Gasteiger partial charge < -0.3 is 4.90 Å². The number of hydrogen-bond donors (Lipinski definition) is 0. The second-order valence-electron chi connectivity index (χ2n) is 3.60. The highest BCUT2D eigenvalue weighted by atomic mass is 35.5. The quantitative estimate of drug-likeness (QED) is 0.760. The van der Waals surface area contributed by atoms with Gasteiger partial charge in [0.2, 0.25) is 5.91 Å². The van der Waals surface area contributed by atoms with Gasteiger partial charge in [-0.15, -0.1) is 11.6 Å². The van der Waals surface area contributed by atoms with Crippen LogP contribution in [0.4, 0.5) is 0 Å². The summed E-state index contributed by atoms with van der Waals surface area (Å²) in [6.45, 7) is 4.81. The van der Waals surface area contributed by atoms with Crippen molar-refractivity contribution in [2.24, 2.45) is 0 Å². The van der Waals surface area contributed by atoms with Crippen LogP contribution in [0.25, 0.3) is 0 Å². The van der Waals surface area contributed by atoms with Crippen molar-refractivity contribution in [1.82, 2.24) is 4.90 Å². The fraction of sp³-hybridized carbons (Fsp3) is 0.417. The molecule has 1 rings (SSSR count). The van der Waals surface area contributed by atoms with Gasteiger partial charge in [-0.1, -0.05) is 23.7 Å². The van der Waals surface area contributed by atoms with Crippen LogP contribution >= 0.6 is 23.2 Å². The zero-order chi connectivity index (χ0) is 12.1. The topological polar surface area (TPSA) is 20.3 Å². The van der Waals surface area contributed by atoms with Crippen molar-refractivity contribution < 1.29 is 4.79 Å². The van der Waals surface area contributed by atoms with Crippen molar-refractivity contribution in [1.29, 1.82) is 0 Å². The number of carbonyl (C=O) groups is 1. The predicted molar refractivity (Wildman–Crippen MR) is 67.9 cm³/mol. The third kappa shape index (κ3) is 3.69. The van der Waals surface area contributed by atoms with Crippen LogP contribution in [0.5, 0.6) is 0 Å². The van der Waals surface area contributed by atoms with Gasteiger partial charge in [0.1, 0.15) is 5.38 Å². The summed E-state index contributed by atoms with van der Waals surface area (Å²) in [6, 6.07) is 7.49. The highest BCUT2D eigenvalue weighted by Gasteiger charge is 2.17.